The number of aliphatic carboxylic acids is 1. The van der Waals surface area contributed by atoms with Gasteiger partial charge in [-0.15, -0.1) is 0 Å². The number of ether oxygens (including phenoxy) is 1. The van der Waals surface area contributed by atoms with Crippen LogP contribution in [0.2, 0.25) is 0 Å². The van der Waals surface area contributed by atoms with Crippen LogP contribution < -0.4 is 0 Å². The zero-order valence-electron chi connectivity index (χ0n) is 12.0. The summed E-state index contributed by atoms with van der Waals surface area (Å²) in [6, 6.07) is 0. The number of aliphatic hydroxyl groups excluding tert-OH is 1. The first-order valence-corrected chi connectivity index (χ1v) is 7.01. The molecule has 1 aliphatic rings. The van der Waals surface area contributed by atoms with E-state index in [1.807, 2.05) is 6.92 Å². The highest BCUT2D eigenvalue weighted by Crippen LogP contribution is 2.45. The van der Waals surface area contributed by atoms with Crippen molar-refractivity contribution in [3.8, 4) is 0 Å². The summed E-state index contributed by atoms with van der Waals surface area (Å²) in [5, 5.41) is 18.6. The molecule has 0 saturated carbocycles. The molecule has 0 spiro atoms. The second-order valence-electron chi connectivity index (χ2n) is 5.45. The summed E-state index contributed by atoms with van der Waals surface area (Å²) in [6.07, 6.45) is -4.40. The lowest BCUT2D eigenvalue weighted by molar-refractivity contribution is -0.227. The Kier molecular flexibility index (Phi) is 6.42. The van der Waals surface area contributed by atoms with Crippen LogP contribution in [0.4, 0.5) is 13.2 Å². The van der Waals surface area contributed by atoms with Gasteiger partial charge in [0.25, 0.3) is 0 Å². The Balaban J connectivity index is 2.48. The molecule has 2 atom stereocenters. The molecule has 1 aliphatic heterocycles. The minimum atomic E-state index is -4.80. The van der Waals surface area contributed by atoms with Gasteiger partial charge in [-0.3, -0.25) is 9.69 Å². The summed E-state index contributed by atoms with van der Waals surface area (Å²) in [5.74, 6) is -1.86. The first-order valence-electron chi connectivity index (χ1n) is 7.01. The van der Waals surface area contributed by atoms with Gasteiger partial charge in [-0.05, 0) is 19.4 Å². The van der Waals surface area contributed by atoms with Gasteiger partial charge in [-0.1, -0.05) is 13.3 Å². The quantitative estimate of drug-likeness (QED) is 0.665. The normalized spacial score (nSPS) is 25.2. The van der Waals surface area contributed by atoms with Crippen molar-refractivity contribution < 1.29 is 32.9 Å². The maximum atomic E-state index is 13.0. The molecule has 21 heavy (non-hydrogen) atoms. The summed E-state index contributed by atoms with van der Waals surface area (Å²) >= 11 is 0. The molecule has 8 heteroatoms. The predicted molar refractivity (Wildman–Crippen MR) is 68.9 cm³/mol. The summed E-state index contributed by atoms with van der Waals surface area (Å²) in [4.78, 5) is 12.3. The van der Waals surface area contributed by atoms with E-state index >= 15 is 0 Å². The Bertz CT molecular complexity index is 351. The van der Waals surface area contributed by atoms with Crippen LogP contribution in [0.25, 0.3) is 0 Å². The zero-order valence-corrected chi connectivity index (χ0v) is 12.0. The Morgan fingerprint density at radius 1 is 1.48 bits per heavy atom. The number of β-amino-alcohol motifs (C(OH)–C–C–N with tert-alkyl or cyclic N) is 1. The number of hydrogen-bond donors (Lipinski definition) is 2. The lowest BCUT2D eigenvalue weighted by Crippen LogP contribution is -2.47. The lowest BCUT2D eigenvalue weighted by atomic mass is 9.86. The molecule has 0 aromatic rings. The standard InChI is InChI=1S/C13H22F3NO4/c1-2-3-6-21-8-10(18)7-17-5-4-12(9-17,11(19)20)13(14,15)16/h10,18H,2-9H2,1H3,(H,19,20). The van der Waals surface area contributed by atoms with Crippen molar-refractivity contribution in [2.24, 2.45) is 5.41 Å². The van der Waals surface area contributed by atoms with E-state index in [1.54, 1.807) is 0 Å². The topological polar surface area (TPSA) is 70.0 Å². The number of nitrogens with zero attached hydrogens (tertiary/aromatic N) is 1. The summed E-state index contributed by atoms with van der Waals surface area (Å²) in [6.45, 7) is 1.89. The Morgan fingerprint density at radius 2 is 2.14 bits per heavy atom. The van der Waals surface area contributed by atoms with E-state index in [0.717, 1.165) is 12.8 Å². The van der Waals surface area contributed by atoms with Crippen LogP contribution in [0.3, 0.4) is 0 Å². The molecule has 124 valence electrons. The number of alkyl halides is 3. The first-order chi connectivity index (χ1) is 9.73. The van der Waals surface area contributed by atoms with Gasteiger partial charge in [-0.2, -0.15) is 13.2 Å². The van der Waals surface area contributed by atoms with Gasteiger partial charge in [-0.25, -0.2) is 0 Å². The van der Waals surface area contributed by atoms with E-state index in [1.165, 1.54) is 4.90 Å². The fraction of sp³-hybridized carbons (Fsp3) is 0.923. The predicted octanol–water partition coefficient (Wildman–Crippen LogP) is 1.50. The number of likely N-dealkylation sites (tertiary alicyclic amines) is 1. The Hall–Kier alpha value is -0.860. The summed E-state index contributed by atoms with van der Waals surface area (Å²) < 4.78 is 44.1. The number of carboxylic acid groups (broad SMARTS) is 1. The van der Waals surface area contributed by atoms with Gasteiger partial charge in [0.05, 0.1) is 12.7 Å². The highest BCUT2D eigenvalue weighted by atomic mass is 19.4. The van der Waals surface area contributed by atoms with Crippen molar-refractivity contribution >= 4 is 5.97 Å². The van der Waals surface area contributed by atoms with E-state index in [2.05, 4.69) is 0 Å². The third kappa shape index (κ3) is 4.55. The molecule has 1 fully saturated rings. The molecule has 1 rings (SSSR count). The third-order valence-electron chi connectivity index (χ3n) is 3.72. The molecule has 0 aliphatic carbocycles. The third-order valence-corrected chi connectivity index (χ3v) is 3.72. The van der Waals surface area contributed by atoms with Gasteiger partial charge in [0.1, 0.15) is 0 Å². The van der Waals surface area contributed by atoms with Crippen LogP contribution in [0.15, 0.2) is 0 Å². The van der Waals surface area contributed by atoms with Crippen molar-refractivity contribution in [3.05, 3.63) is 0 Å². The largest absolute Gasteiger partial charge is 0.481 e. The second-order valence-corrected chi connectivity index (χ2v) is 5.45. The van der Waals surface area contributed by atoms with Gasteiger partial charge < -0.3 is 14.9 Å². The molecule has 0 radical (unpaired) electrons. The molecular formula is C13H22F3NO4. The van der Waals surface area contributed by atoms with E-state index in [4.69, 9.17) is 9.84 Å². The van der Waals surface area contributed by atoms with Gasteiger partial charge in [0.2, 0.25) is 0 Å². The fourth-order valence-electron chi connectivity index (χ4n) is 2.39. The highest BCUT2D eigenvalue weighted by molar-refractivity contribution is 5.76. The maximum Gasteiger partial charge on any atom is 0.406 e. The zero-order chi connectivity index (χ0) is 16.1. The van der Waals surface area contributed by atoms with Crippen molar-refractivity contribution in [2.45, 2.75) is 38.5 Å². The molecule has 2 unspecified atom stereocenters. The van der Waals surface area contributed by atoms with Crippen LogP contribution in [0, 0.1) is 5.41 Å². The minimum Gasteiger partial charge on any atom is -0.481 e. The van der Waals surface area contributed by atoms with E-state index in [0.29, 0.717) is 6.61 Å². The number of carbonyl (C=O) groups is 1. The van der Waals surface area contributed by atoms with E-state index in [-0.39, 0.29) is 19.7 Å². The lowest BCUT2D eigenvalue weighted by Gasteiger charge is -2.28. The average molecular weight is 313 g/mol. The van der Waals surface area contributed by atoms with Crippen LogP contribution >= 0.6 is 0 Å². The van der Waals surface area contributed by atoms with Gasteiger partial charge >= 0.3 is 12.1 Å². The Labute approximate surface area is 121 Å². The van der Waals surface area contributed by atoms with Crippen molar-refractivity contribution in [2.75, 3.05) is 32.8 Å². The van der Waals surface area contributed by atoms with E-state index < -0.39 is 36.6 Å². The number of unbranched alkanes of at least 4 members (excludes halogenated alkanes) is 1. The summed E-state index contributed by atoms with van der Waals surface area (Å²) in [5.41, 5.74) is -2.73. The summed E-state index contributed by atoms with van der Waals surface area (Å²) in [7, 11) is 0. The smallest absolute Gasteiger partial charge is 0.406 e. The monoisotopic (exact) mass is 313 g/mol. The minimum absolute atomic E-state index is 0.00215. The number of carboxylic acids is 1. The van der Waals surface area contributed by atoms with Crippen LogP contribution in [-0.2, 0) is 9.53 Å². The first kappa shape index (κ1) is 18.2. The number of rotatable bonds is 8. The molecular weight excluding hydrogens is 291 g/mol. The molecule has 1 saturated heterocycles. The molecule has 0 bridgehead atoms. The van der Waals surface area contributed by atoms with Gasteiger partial charge in [0.15, 0.2) is 5.41 Å². The molecule has 1 heterocycles. The number of hydrogen-bond acceptors (Lipinski definition) is 4. The number of halogens is 3. The molecule has 0 amide bonds. The fourth-order valence-corrected chi connectivity index (χ4v) is 2.39. The molecule has 2 N–H and O–H groups in total. The highest BCUT2D eigenvalue weighted by Gasteiger charge is 2.63. The van der Waals surface area contributed by atoms with Crippen LogP contribution in [0.1, 0.15) is 26.2 Å². The Morgan fingerprint density at radius 3 is 2.62 bits per heavy atom. The van der Waals surface area contributed by atoms with Crippen molar-refractivity contribution in [3.63, 3.8) is 0 Å². The SMILES string of the molecule is CCCCOCC(O)CN1CCC(C(=O)O)(C(F)(F)F)C1. The second kappa shape index (κ2) is 7.42. The average Bonchev–Trinajstić information content (AvgIpc) is 2.79. The van der Waals surface area contributed by atoms with Crippen molar-refractivity contribution in [1.82, 2.24) is 4.90 Å². The van der Waals surface area contributed by atoms with Crippen molar-refractivity contribution in [1.29, 1.82) is 0 Å². The van der Waals surface area contributed by atoms with E-state index in [9.17, 15) is 23.1 Å². The van der Waals surface area contributed by atoms with Crippen LogP contribution in [0.5, 0.6) is 0 Å². The van der Waals surface area contributed by atoms with Crippen LogP contribution in [-0.4, -0.2) is 66.2 Å². The molecule has 5 nitrogen and oxygen atoms in total. The molecule has 0 aromatic carbocycles. The molecule has 0 aromatic heterocycles. The number of aliphatic hydroxyl groups is 1. The van der Waals surface area contributed by atoms with Gasteiger partial charge in [0, 0.05) is 19.7 Å². The maximum absolute atomic E-state index is 13.0.